The van der Waals surface area contributed by atoms with Crippen LogP contribution in [-0.4, -0.2) is 12.5 Å². The van der Waals surface area contributed by atoms with Crippen molar-refractivity contribution in [2.75, 3.05) is 6.61 Å². The normalized spacial score (nSPS) is 9.70. The Bertz CT molecular complexity index is 196. The maximum Gasteiger partial charge on any atom is 0.213 e. The van der Waals surface area contributed by atoms with Crippen LogP contribution in [0.2, 0.25) is 0 Å². The molecule has 0 aromatic rings. The molecule has 0 rings (SSSR count). The fraction of sp³-hybridized carbons (Fsp3) is 0.500. The molecule has 0 aliphatic heterocycles. The number of hydrogen-bond donors (Lipinski definition) is 0. The minimum absolute atomic E-state index is 0.0569. The average molecular weight is 137 g/mol. The molecule has 0 bridgehead atoms. The summed E-state index contributed by atoms with van der Waals surface area (Å²) in [4.78, 5) is 3.28. The third-order valence-corrected chi connectivity index (χ3v) is 0.716. The van der Waals surface area contributed by atoms with E-state index in [-0.39, 0.29) is 12.3 Å². The predicted molar refractivity (Wildman–Crippen MR) is 34.9 cm³/mol. The van der Waals surface area contributed by atoms with Crippen LogP contribution in [0.15, 0.2) is 4.99 Å². The summed E-state index contributed by atoms with van der Waals surface area (Å²) in [6.45, 7) is 2.20. The third kappa shape index (κ3) is 3.45. The highest BCUT2D eigenvalue weighted by atomic mass is 16.5. The van der Waals surface area contributed by atoms with E-state index < -0.39 is 0 Å². The predicted octanol–water partition coefficient (Wildman–Crippen LogP) is 0.816. The van der Waals surface area contributed by atoms with Crippen molar-refractivity contribution in [3.05, 3.63) is 0 Å². The molecule has 0 radical (unpaired) electrons. The lowest BCUT2D eigenvalue weighted by atomic mass is 10.5. The van der Waals surface area contributed by atoms with Crippen molar-refractivity contribution in [3.8, 4) is 12.3 Å². The molecule has 0 aromatic carbocycles. The van der Waals surface area contributed by atoms with Gasteiger partial charge in [0.1, 0.15) is 6.42 Å². The molecule has 0 saturated heterocycles. The molecule has 0 spiro atoms. The van der Waals surface area contributed by atoms with Gasteiger partial charge in [-0.3, -0.25) is 0 Å². The Morgan fingerprint density at radius 3 is 2.70 bits per heavy atom. The molecule has 0 amide bonds. The van der Waals surface area contributed by atoms with Crippen molar-refractivity contribution in [1.82, 2.24) is 0 Å². The molecular weight excluding hydrogens is 130 g/mol. The van der Waals surface area contributed by atoms with E-state index in [0.29, 0.717) is 6.61 Å². The topological polar surface area (TPSA) is 69.2 Å². The molecule has 0 fully saturated rings. The van der Waals surface area contributed by atoms with Gasteiger partial charge in [0.15, 0.2) is 0 Å². The number of ether oxygens (including phenoxy) is 1. The summed E-state index contributed by atoms with van der Waals surface area (Å²) in [5.41, 5.74) is 0. The van der Waals surface area contributed by atoms with E-state index in [2.05, 4.69) is 4.99 Å². The first-order valence-corrected chi connectivity index (χ1v) is 2.80. The number of aliphatic imine (C=N–C) groups is 1. The summed E-state index contributed by atoms with van der Waals surface area (Å²) in [6.07, 6.45) is 1.61. The van der Waals surface area contributed by atoms with Crippen LogP contribution >= 0.6 is 0 Å². The second-order valence-corrected chi connectivity index (χ2v) is 1.37. The van der Waals surface area contributed by atoms with Crippen LogP contribution in [0, 0.1) is 22.8 Å². The van der Waals surface area contributed by atoms with Crippen molar-refractivity contribution >= 4 is 5.90 Å². The third-order valence-electron chi connectivity index (χ3n) is 0.716. The maximum atomic E-state index is 8.17. The van der Waals surface area contributed by atoms with Gasteiger partial charge in [-0.25, -0.2) is 0 Å². The second kappa shape index (κ2) is 5.58. The van der Waals surface area contributed by atoms with Crippen LogP contribution < -0.4 is 0 Å². The van der Waals surface area contributed by atoms with Gasteiger partial charge in [0.25, 0.3) is 0 Å². The Hall–Kier alpha value is -1.55. The molecule has 10 heavy (non-hydrogen) atoms. The molecular formula is C6H7N3O. The highest BCUT2D eigenvalue weighted by Gasteiger charge is 1.95. The lowest BCUT2D eigenvalue weighted by molar-refractivity contribution is 0.321. The van der Waals surface area contributed by atoms with Crippen LogP contribution in [0.3, 0.4) is 0 Å². The van der Waals surface area contributed by atoms with E-state index >= 15 is 0 Å². The summed E-state index contributed by atoms with van der Waals surface area (Å²) in [5, 5.41) is 16.2. The summed E-state index contributed by atoms with van der Waals surface area (Å²) < 4.78 is 4.83. The largest absolute Gasteiger partial charge is 0.480 e. The zero-order chi connectivity index (χ0) is 7.82. The monoisotopic (exact) mass is 137 g/mol. The quantitative estimate of drug-likeness (QED) is 0.321. The van der Waals surface area contributed by atoms with E-state index in [1.807, 2.05) is 6.07 Å². The second-order valence-electron chi connectivity index (χ2n) is 1.37. The van der Waals surface area contributed by atoms with Crippen LogP contribution in [0.5, 0.6) is 0 Å². The molecule has 52 valence electrons. The van der Waals surface area contributed by atoms with Gasteiger partial charge < -0.3 is 4.74 Å². The summed E-state index contributed by atoms with van der Waals surface area (Å²) in [7, 11) is 0. The molecule has 0 aliphatic rings. The van der Waals surface area contributed by atoms with E-state index in [1.165, 1.54) is 0 Å². The smallest absolute Gasteiger partial charge is 0.213 e. The van der Waals surface area contributed by atoms with Gasteiger partial charge in [0.05, 0.1) is 12.7 Å². The van der Waals surface area contributed by atoms with Crippen LogP contribution in [-0.2, 0) is 4.74 Å². The summed E-state index contributed by atoms with van der Waals surface area (Å²) in [5.74, 6) is 0.188. The van der Waals surface area contributed by atoms with Crippen molar-refractivity contribution in [1.29, 1.82) is 10.5 Å². The zero-order valence-electron chi connectivity index (χ0n) is 5.66. The molecule has 0 aromatic heterocycles. The van der Waals surface area contributed by atoms with Gasteiger partial charge in [0, 0.05) is 0 Å². The Labute approximate surface area is 59.4 Å². The number of nitriles is 2. The van der Waals surface area contributed by atoms with E-state index in [1.54, 1.807) is 13.1 Å². The molecule has 4 nitrogen and oxygen atoms in total. The first-order valence-electron chi connectivity index (χ1n) is 2.80. The SMILES string of the molecule is CCO/C(CC#N)=N/C#N. The van der Waals surface area contributed by atoms with Gasteiger partial charge in [0.2, 0.25) is 12.1 Å². The van der Waals surface area contributed by atoms with Crippen LogP contribution in [0.4, 0.5) is 0 Å². The fourth-order valence-electron chi connectivity index (χ4n) is 0.413. The van der Waals surface area contributed by atoms with Crippen molar-refractivity contribution in [2.24, 2.45) is 4.99 Å². The average Bonchev–Trinajstić information content (AvgIpc) is 1.90. The molecule has 0 aliphatic carbocycles. The van der Waals surface area contributed by atoms with E-state index in [9.17, 15) is 0 Å². The number of hydrogen-bond acceptors (Lipinski definition) is 4. The molecule has 0 N–H and O–H groups in total. The maximum absolute atomic E-state index is 8.17. The highest BCUT2D eigenvalue weighted by Crippen LogP contribution is 1.87. The Morgan fingerprint density at radius 1 is 1.60 bits per heavy atom. The summed E-state index contributed by atoms with van der Waals surface area (Å²) in [6, 6.07) is 1.83. The van der Waals surface area contributed by atoms with Crippen LogP contribution in [0.1, 0.15) is 13.3 Å². The van der Waals surface area contributed by atoms with Gasteiger partial charge in [-0.2, -0.15) is 10.5 Å². The fourth-order valence-corrected chi connectivity index (χ4v) is 0.413. The lowest BCUT2D eigenvalue weighted by Gasteiger charge is -1.98. The molecule has 0 atom stereocenters. The van der Waals surface area contributed by atoms with Gasteiger partial charge >= 0.3 is 0 Å². The molecule has 0 unspecified atom stereocenters. The first-order chi connectivity index (χ1) is 4.85. The first kappa shape index (κ1) is 8.45. The molecule has 4 heteroatoms. The van der Waals surface area contributed by atoms with E-state index in [4.69, 9.17) is 15.3 Å². The number of nitrogens with zero attached hydrogens (tertiary/aromatic N) is 3. The van der Waals surface area contributed by atoms with Crippen LogP contribution in [0.25, 0.3) is 0 Å². The zero-order valence-corrected chi connectivity index (χ0v) is 5.66. The summed E-state index contributed by atoms with van der Waals surface area (Å²) >= 11 is 0. The van der Waals surface area contributed by atoms with Crippen molar-refractivity contribution < 1.29 is 4.74 Å². The minimum Gasteiger partial charge on any atom is -0.480 e. The highest BCUT2D eigenvalue weighted by molar-refractivity contribution is 5.78. The Kier molecular flexibility index (Phi) is 4.72. The lowest BCUT2D eigenvalue weighted by Crippen LogP contribution is -2.02. The van der Waals surface area contributed by atoms with E-state index in [0.717, 1.165) is 0 Å². The molecule has 0 heterocycles. The van der Waals surface area contributed by atoms with Crippen molar-refractivity contribution in [2.45, 2.75) is 13.3 Å². The van der Waals surface area contributed by atoms with Gasteiger partial charge in [-0.05, 0) is 6.92 Å². The molecule has 0 saturated carbocycles. The standard InChI is InChI=1S/C6H7N3O/c1-2-10-6(3-4-7)9-5-8/h2-3H2,1H3/b9-6+. The Balaban J connectivity index is 3.90. The van der Waals surface area contributed by atoms with Crippen molar-refractivity contribution in [3.63, 3.8) is 0 Å². The Morgan fingerprint density at radius 2 is 2.30 bits per heavy atom. The van der Waals surface area contributed by atoms with Gasteiger partial charge in [-0.1, -0.05) is 0 Å². The minimum atomic E-state index is 0.0569. The van der Waals surface area contributed by atoms with Gasteiger partial charge in [-0.15, -0.1) is 4.99 Å². The number of rotatable bonds is 2.